The minimum Gasteiger partial charge on any atom is -0.380 e. The second-order valence-corrected chi connectivity index (χ2v) is 8.69. The summed E-state index contributed by atoms with van der Waals surface area (Å²) in [6, 6.07) is 21.6. The smallest absolute Gasteiger partial charge is 0.0921 e. The normalized spacial score (nSPS) is 13.1. The Hall–Kier alpha value is -3.18. The highest BCUT2D eigenvalue weighted by Crippen LogP contribution is 2.26. The Morgan fingerprint density at radius 1 is 0.636 bits per heavy atom. The molecule has 0 saturated carbocycles. The van der Waals surface area contributed by atoms with Crippen molar-refractivity contribution in [1.29, 1.82) is 0 Å². The predicted octanol–water partition coefficient (Wildman–Crippen LogP) is 6.06. The van der Waals surface area contributed by atoms with Gasteiger partial charge in [-0.25, -0.2) is 9.97 Å². The fourth-order valence-corrected chi connectivity index (χ4v) is 4.42. The van der Waals surface area contributed by atoms with Crippen molar-refractivity contribution in [3.8, 4) is 0 Å². The van der Waals surface area contributed by atoms with E-state index in [1.54, 1.807) is 12.7 Å². The first-order valence-electron chi connectivity index (χ1n) is 12.0. The van der Waals surface area contributed by atoms with E-state index in [1.807, 2.05) is 12.4 Å². The summed E-state index contributed by atoms with van der Waals surface area (Å²) in [5.74, 6) is 0.797. The minimum atomic E-state index is 0.399. The van der Waals surface area contributed by atoms with Crippen molar-refractivity contribution in [2.24, 2.45) is 0 Å². The van der Waals surface area contributed by atoms with Crippen LogP contribution in [0.3, 0.4) is 0 Å². The average molecular weight is 443 g/mol. The molecule has 0 aliphatic heterocycles. The number of benzene rings is 2. The van der Waals surface area contributed by atoms with E-state index in [4.69, 9.17) is 4.74 Å². The second-order valence-electron chi connectivity index (χ2n) is 8.69. The molecular weight excluding hydrogens is 408 g/mol. The third-order valence-electron chi connectivity index (χ3n) is 6.29. The summed E-state index contributed by atoms with van der Waals surface area (Å²) in [6.07, 6.45) is 13.8. The van der Waals surface area contributed by atoms with Gasteiger partial charge in [0.15, 0.2) is 0 Å². The van der Waals surface area contributed by atoms with Gasteiger partial charge in [0.1, 0.15) is 0 Å². The molecule has 2 unspecified atom stereocenters. The molecule has 0 aliphatic rings. The summed E-state index contributed by atoms with van der Waals surface area (Å²) in [6.45, 7) is 1.49. The number of nitrogens with zero attached hydrogens (tertiary/aromatic N) is 2. The lowest BCUT2D eigenvalue weighted by Crippen LogP contribution is -2.14. The summed E-state index contributed by atoms with van der Waals surface area (Å²) < 4.78 is 6.40. The Labute approximate surface area is 196 Å². The van der Waals surface area contributed by atoms with Gasteiger partial charge in [0.05, 0.1) is 25.9 Å². The SMILES string of the molecule is c1ccc(C(CCCc2cnc[nH]2)COCC(CCCc2cnc[nH]2)c2ccccc2)cc1. The highest BCUT2D eigenvalue weighted by Gasteiger charge is 2.16. The largest absolute Gasteiger partial charge is 0.380 e. The van der Waals surface area contributed by atoms with Crippen molar-refractivity contribution in [3.05, 3.63) is 108 Å². The standard InChI is InChI=1S/C28H34N4O/c1-3-9-23(10-4-1)25(13-7-15-27-17-29-21-31-27)19-33-20-26(24-11-5-2-6-12-24)14-8-16-28-18-30-22-32-28/h1-6,9-12,17-18,21-22,25-26H,7-8,13-16,19-20H2,(H,29,31)(H,30,32). The maximum atomic E-state index is 6.40. The number of aromatic nitrogens is 4. The number of H-pyrrole nitrogens is 2. The number of nitrogens with one attached hydrogen (secondary N) is 2. The Morgan fingerprint density at radius 3 is 1.48 bits per heavy atom. The van der Waals surface area contributed by atoms with Gasteiger partial charge in [-0.1, -0.05) is 60.7 Å². The number of imidazole rings is 2. The van der Waals surface area contributed by atoms with Crippen molar-refractivity contribution in [3.63, 3.8) is 0 Å². The quantitative estimate of drug-likeness (QED) is 0.249. The highest BCUT2D eigenvalue weighted by molar-refractivity contribution is 5.21. The van der Waals surface area contributed by atoms with E-state index in [9.17, 15) is 0 Å². The Kier molecular flexibility index (Phi) is 8.89. The first kappa shape index (κ1) is 23.0. The van der Waals surface area contributed by atoms with Gasteiger partial charge < -0.3 is 14.7 Å². The number of hydrogen-bond donors (Lipinski definition) is 2. The van der Waals surface area contributed by atoms with E-state index in [0.29, 0.717) is 11.8 Å². The van der Waals surface area contributed by atoms with Crippen LogP contribution in [-0.2, 0) is 17.6 Å². The lowest BCUT2D eigenvalue weighted by molar-refractivity contribution is 0.101. The molecule has 0 spiro atoms. The van der Waals surface area contributed by atoms with Gasteiger partial charge in [-0.3, -0.25) is 0 Å². The Morgan fingerprint density at radius 2 is 1.09 bits per heavy atom. The molecule has 2 atom stereocenters. The molecule has 0 aliphatic carbocycles. The molecule has 0 bridgehead atoms. The summed E-state index contributed by atoms with van der Waals surface area (Å²) in [5, 5.41) is 0. The summed E-state index contributed by atoms with van der Waals surface area (Å²) >= 11 is 0. The maximum Gasteiger partial charge on any atom is 0.0921 e. The first-order valence-corrected chi connectivity index (χ1v) is 12.0. The molecule has 2 heterocycles. The van der Waals surface area contributed by atoms with Crippen molar-refractivity contribution < 1.29 is 4.74 Å². The molecular formula is C28H34N4O. The van der Waals surface area contributed by atoms with Gasteiger partial charge in [-0.2, -0.15) is 0 Å². The van der Waals surface area contributed by atoms with Gasteiger partial charge in [0.25, 0.3) is 0 Å². The second kappa shape index (κ2) is 12.8. The molecule has 4 rings (SSSR count). The van der Waals surface area contributed by atoms with Crippen LogP contribution >= 0.6 is 0 Å². The number of hydrogen-bond acceptors (Lipinski definition) is 3. The fraction of sp³-hybridized carbons (Fsp3) is 0.357. The molecule has 4 aromatic rings. The van der Waals surface area contributed by atoms with Gasteiger partial charge >= 0.3 is 0 Å². The van der Waals surface area contributed by atoms with Crippen LogP contribution < -0.4 is 0 Å². The van der Waals surface area contributed by atoms with Crippen LogP contribution in [0.5, 0.6) is 0 Å². The van der Waals surface area contributed by atoms with Gasteiger partial charge in [0, 0.05) is 35.6 Å². The molecule has 2 N–H and O–H groups in total. The number of rotatable bonds is 14. The average Bonchev–Trinajstić information content (AvgIpc) is 3.58. The maximum absolute atomic E-state index is 6.40. The van der Waals surface area contributed by atoms with Gasteiger partial charge in [0.2, 0.25) is 0 Å². The van der Waals surface area contributed by atoms with Gasteiger partial charge in [-0.15, -0.1) is 0 Å². The summed E-state index contributed by atoms with van der Waals surface area (Å²) in [7, 11) is 0. The molecule has 5 nitrogen and oxygen atoms in total. The topological polar surface area (TPSA) is 66.6 Å². The van der Waals surface area contributed by atoms with Crippen molar-refractivity contribution in [1.82, 2.24) is 19.9 Å². The van der Waals surface area contributed by atoms with Crippen LogP contribution in [0.2, 0.25) is 0 Å². The van der Waals surface area contributed by atoms with E-state index >= 15 is 0 Å². The molecule has 0 radical (unpaired) electrons. The molecule has 172 valence electrons. The molecule has 2 aromatic heterocycles. The zero-order chi connectivity index (χ0) is 22.6. The van der Waals surface area contributed by atoms with Crippen LogP contribution in [0.1, 0.15) is 60.0 Å². The first-order chi connectivity index (χ1) is 16.4. The summed E-state index contributed by atoms with van der Waals surface area (Å²) in [4.78, 5) is 14.7. The van der Waals surface area contributed by atoms with Crippen molar-refractivity contribution in [2.45, 2.75) is 50.4 Å². The van der Waals surface area contributed by atoms with E-state index < -0.39 is 0 Å². The van der Waals surface area contributed by atoms with Crippen LogP contribution in [0, 0.1) is 0 Å². The van der Waals surface area contributed by atoms with E-state index in [-0.39, 0.29) is 0 Å². The lowest BCUT2D eigenvalue weighted by atomic mass is 9.93. The lowest BCUT2D eigenvalue weighted by Gasteiger charge is -2.21. The third kappa shape index (κ3) is 7.43. The third-order valence-corrected chi connectivity index (χ3v) is 6.29. The molecule has 33 heavy (non-hydrogen) atoms. The van der Waals surface area contributed by atoms with Crippen molar-refractivity contribution in [2.75, 3.05) is 13.2 Å². The highest BCUT2D eigenvalue weighted by atomic mass is 16.5. The molecule has 0 fully saturated rings. The van der Waals surface area contributed by atoms with Crippen LogP contribution in [-0.4, -0.2) is 33.1 Å². The van der Waals surface area contributed by atoms with E-state index in [0.717, 1.165) is 51.7 Å². The Bertz CT molecular complexity index is 917. The molecule has 0 saturated heterocycles. The van der Waals surface area contributed by atoms with E-state index in [2.05, 4.69) is 80.6 Å². The monoisotopic (exact) mass is 442 g/mol. The van der Waals surface area contributed by atoms with Gasteiger partial charge in [-0.05, 0) is 49.7 Å². The zero-order valence-electron chi connectivity index (χ0n) is 19.2. The Balaban J connectivity index is 1.32. The number of ether oxygens (including phenoxy) is 1. The van der Waals surface area contributed by atoms with Crippen LogP contribution in [0.25, 0.3) is 0 Å². The number of aromatic amines is 2. The zero-order valence-corrected chi connectivity index (χ0v) is 19.2. The number of aryl methyl sites for hydroxylation is 2. The fourth-order valence-electron chi connectivity index (χ4n) is 4.42. The van der Waals surface area contributed by atoms with E-state index in [1.165, 1.54) is 22.5 Å². The van der Waals surface area contributed by atoms with Crippen LogP contribution in [0.4, 0.5) is 0 Å². The van der Waals surface area contributed by atoms with Crippen LogP contribution in [0.15, 0.2) is 85.7 Å². The molecule has 5 heteroatoms. The summed E-state index contributed by atoms with van der Waals surface area (Å²) in [5.41, 5.74) is 5.11. The van der Waals surface area contributed by atoms with Crippen molar-refractivity contribution >= 4 is 0 Å². The minimum absolute atomic E-state index is 0.399. The molecule has 0 amide bonds. The predicted molar refractivity (Wildman–Crippen MR) is 132 cm³/mol. The molecule has 2 aromatic carbocycles.